The summed E-state index contributed by atoms with van der Waals surface area (Å²) >= 11 is 2.59. The van der Waals surface area contributed by atoms with Crippen LogP contribution in [-0.4, -0.2) is 23.1 Å². The molecule has 1 aliphatic carbocycles. The molecule has 0 saturated heterocycles. The Morgan fingerprint density at radius 3 is 1.54 bits per heavy atom. The van der Waals surface area contributed by atoms with E-state index < -0.39 is 0 Å². The minimum absolute atomic E-state index is 0.0778. The van der Waals surface area contributed by atoms with E-state index in [-0.39, 0.29) is 5.41 Å². The molecular formula is C82H63N5OPt-2. The van der Waals surface area contributed by atoms with Crippen LogP contribution in [0.15, 0.2) is 261 Å². The Kier molecular flexibility index (Phi) is 13.7. The van der Waals surface area contributed by atoms with Crippen molar-refractivity contribution in [3.05, 3.63) is 288 Å². The second kappa shape index (κ2) is 22.4. The number of benzene rings is 11. The number of nitrogens with zero attached hydrogens (tertiary/aromatic N) is 5. The van der Waals surface area contributed by atoms with E-state index in [1.54, 1.807) is 0 Å². The Hall–Kier alpha value is -9.87. The van der Waals surface area contributed by atoms with Gasteiger partial charge in [-0.3, -0.25) is 0 Å². The number of para-hydroxylation sites is 4. The van der Waals surface area contributed by atoms with Crippen molar-refractivity contribution in [2.75, 3.05) is 0 Å². The third kappa shape index (κ3) is 9.52. The second-order valence-corrected chi connectivity index (χ2v) is 25.7. The number of hydrogen-bond acceptors (Lipinski definition) is 2. The molecule has 11 aromatic carbocycles. The summed E-state index contributed by atoms with van der Waals surface area (Å²) in [5.41, 5.74) is 20.5. The van der Waals surface area contributed by atoms with Crippen molar-refractivity contribution < 1.29 is 24.1 Å². The molecule has 15 aromatic rings. The summed E-state index contributed by atoms with van der Waals surface area (Å²) < 4.78 is 17.9. The van der Waals surface area contributed by atoms with Gasteiger partial charge in [0.1, 0.15) is 0 Å². The number of pyridine rings is 1. The van der Waals surface area contributed by atoms with Crippen LogP contribution in [0.2, 0.25) is 0 Å². The van der Waals surface area contributed by atoms with Crippen molar-refractivity contribution in [1.82, 2.24) is 23.1 Å². The predicted octanol–water partition coefficient (Wildman–Crippen LogP) is 21.5. The third-order valence-corrected chi connectivity index (χ3v) is 19.3. The average Bonchev–Trinajstić information content (AvgIpc) is 1.64. The summed E-state index contributed by atoms with van der Waals surface area (Å²) in [6.07, 6.45) is 8.28. The van der Waals surface area contributed by atoms with Gasteiger partial charge < -0.3 is 0 Å². The molecule has 0 N–H and O–H groups in total. The van der Waals surface area contributed by atoms with Crippen molar-refractivity contribution in [3.8, 4) is 73.2 Å². The molecule has 0 unspecified atom stereocenters. The zero-order chi connectivity index (χ0) is 59.7. The van der Waals surface area contributed by atoms with Gasteiger partial charge in [0, 0.05) is 6.20 Å². The molecule has 0 amide bonds. The third-order valence-electron chi connectivity index (χ3n) is 18.3. The molecule has 89 heavy (non-hydrogen) atoms. The molecule has 6 nitrogen and oxygen atoms in total. The molecule has 0 atom stereocenters. The first-order valence-corrected chi connectivity index (χ1v) is 32.2. The van der Waals surface area contributed by atoms with Crippen molar-refractivity contribution in [1.29, 1.82) is 0 Å². The normalized spacial score (nSPS) is 13.1. The SMILES string of the molecule is CC(C)(C)c1ccnc(-n2c3[c-]c(Oc4[c-]c5c(cc4)n(-c4c(-c6ccccc6)cccc4-c4ccccc4)c4ccccc4c4cccc6c4n5[c](=[Pt])n6-c4c(-c5ccccc5)cccc4-c4ccccc4)ccc3c3cc(C4CCCCC4)ccc32)c1. The fourth-order valence-corrected chi connectivity index (χ4v) is 15.0. The van der Waals surface area contributed by atoms with Crippen LogP contribution < -0.4 is 4.74 Å². The predicted molar refractivity (Wildman–Crippen MR) is 363 cm³/mol. The van der Waals surface area contributed by atoms with Crippen molar-refractivity contribution >= 4 is 60.2 Å². The van der Waals surface area contributed by atoms with E-state index in [0.29, 0.717) is 17.4 Å². The first-order valence-electron chi connectivity index (χ1n) is 31.0. The molecule has 16 rings (SSSR count). The number of ether oxygens (including phenoxy) is 1. The van der Waals surface area contributed by atoms with E-state index >= 15 is 0 Å². The van der Waals surface area contributed by atoms with Gasteiger partial charge in [0.2, 0.25) is 0 Å². The topological polar surface area (TPSA) is 41.3 Å². The van der Waals surface area contributed by atoms with E-state index in [1.807, 2.05) is 6.20 Å². The van der Waals surface area contributed by atoms with Crippen LogP contribution in [0.3, 0.4) is 0 Å². The Balaban J connectivity index is 1.01. The molecule has 0 aliphatic heterocycles. The summed E-state index contributed by atoms with van der Waals surface area (Å²) in [6, 6.07) is 100. The van der Waals surface area contributed by atoms with E-state index in [9.17, 15) is 0 Å². The standard InChI is InChI=1S/C82H63N5O.Pt/c1-82(2,3)61-48-49-83-78(51-61)86-73-46-42-60(55-24-9-4-10-25-55)50-71(73)69-45-43-62(52-76(69)86)88-63-44-47-74-77(53-63)85-54-84(79-64(56-26-11-5-12-27-56)35-21-36-65(79)57-28-13-6-14-29-57)75-41-23-39-70(81(75)85)68-34-19-20-40-72(68)87(74)80-66(58-30-15-7-16-31-58)37-22-38-67(80)59-32-17-8-18-33-59;/h5-8,11-23,26-51,55H,4,9-10,24-25H2,1-3H3;/q-2;. The summed E-state index contributed by atoms with van der Waals surface area (Å²) in [5, 5.41) is 4.51. The zero-order valence-corrected chi connectivity index (χ0v) is 52.2. The fraction of sp³-hybridized carbons (Fsp3) is 0.122. The number of imidazole rings is 1. The number of fused-ring (bicyclic) bond motifs is 7. The molecule has 1 aliphatic rings. The maximum absolute atomic E-state index is 7.29. The van der Waals surface area contributed by atoms with Crippen LogP contribution in [0, 0.1) is 15.9 Å². The van der Waals surface area contributed by atoms with Gasteiger partial charge in [-0.25, -0.2) is 0 Å². The van der Waals surface area contributed by atoms with Gasteiger partial charge >= 0.3 is 439 Å². The number of rotatable bonds is 10. The monoisotopic (exact) mass is 1330 g/mol. The van der Waals surface area contributed by atoms with Crippen molar-refractivity contribution in [3.63, 3.8) is 0 Å². The first-order chi connectivity index (χ1) is 43.7. The molecule has 7 heteroatoms. The van der Waals surface area contributed by atoms with Gasteiger partial charge in [0.15, 0.2) is 0 Å². The van der Waals surface area contributed by atoms with Crippen LogP contribution in [0.25, 0.3) is 122 Å². The zero-order valence-electron chi connectivity index (χ0n) is 49.9. The molecular weight excluding hydrogens is 1270 g/mol. The van der Waals surface area contributed by atoms with Gasteiger partial charge in [0.25, 0.3) is 0 Å². The molecule has 1 fully saturated rings. The van der Waals surface area contributed by atoms with Gasteiger partial charge in [0.05, 0.1) is 0 Å². The first kappa shape index (κ1) is 54.5. The summed E-state index contributed by atoms with van der Waals surface area (Å²) in [6.45, 7) is 6.78. The van der Waals surface area contributed by atoms with E-state index in [0.717, 1.165) is 120 Å². The Bertz CT molecular complexity index is 5200. The van der Waals surface area contributed by atoms with Gasteiger partial charge in [-0.05, 0) is 41.4 Å². The quantitative estimate of drug-likeness (QED) is 0.128. The van der Waals surface area contributed by atoms with Gasteiger partial charge in [-0.15, -0.1) is 0 Å². The molecule has 0 radical (unpaired) electrons. The molecule has 4 heterocycles. The molecule has 4 aromatic heterocycles. The summed E-state index contributed by atoms with van der Waals surface area (Å²) in [5.74, 6) is 2.56. The Morgan fingerprint density at radius 1 is 0.427 bits per heavy atom. The van der Waals surface area contributed by atoms with Crippen LogP contribution >= 0.6 is 0 Å². The van der Waals surface area contributed by atoms with E-state index in [2.05, 4.69) is 325 Å². The number of aromatic nitrogens is 5. The van der Waals surface area contributed by atoms with Crippen LogP contribution in [0.1, 0.15) is 69.9 Å². The molecule has 1 saturated carbocycles. The van der Waals surface area contributed by atoms with Crippen LogP contribution in [0.5, 0.6) is 11.5 Å². The summed E-state index contributed by atoms with van der Waals surface area (Å²) in [7, 11) is 0. The van der Waals surface area contributed by atoms with E-state index in [1.165, 1.54) is 48.6 Å². The Morgan fingerprint density at radius 2 is 0.933 bits per heavy atom. The maximum atomic E-state index is 7.29. The van der Waals surface area contributed by atoms with Crippen molar-refractivity contribution in [2.45, 2.75) is 64.2 Å². The van der Waals surface area contributed by atoms with E-state index in [4.69, 9.17) is 9.72 Å². The van der Waals surface area contributed by atoms with Gasteiger partial charge in [-0.1, -0.05) is 46.1 Å². The Labute approximate surface area is 529 Å². The molecule has 434 valence electrons. The van der Waals surface area contributed by atoms with Crippen LogP contribution in [-0.2, 0) is 24.8 Å². The van der Waals surface area contributed by atoms with Gasteiger partial charge in [-0.2, -0.15) is 0 Å². The van der Waals surface area contributed by atoms with Crippen LogP contribution in [0.4, 0.5) is 0 Å². The minimum atomic E-state index is -0.0778. The molecule has 0 bridgehead atoms. The second-order valence-electron chi connectivity index (χ2n) is 24.6. The molecule has 0 spiro atoms. The average molecular weight is 1330 g/mol. The number of hydrogen-bond donors (Lipinski definition) is 0. The van der Waals surface area contributed by atoms with Crippen molar-refractivity contribution in [2.24, 2.45) is 0 Å². The summed E-state index contributed by atoms with van der Waals surface area (Å²) in [4.78, 5) is 5.09. The fourth-order valence-electron chi connectivity index (χ4n) is 14.0.